The molecule has 1 amide bonds. The van der Waals surface area contributed by atoms with E-state index in [2.05, 4.69) is 5.32 Å². The van der Waals surface area contributed by atoms with Crippen LogP contribution in [0.25, 0.3) is 0 Å². The highest BCUT2D eigenvalue weighted by Gasteiger charge is 2.15. The number of hydrogen-bond acceptors (Lipinski definition) is 2. The quantitative estimate of drug-likeness (QED) is 0.853. The van der Waals surface area contributed by atoms with Crippen molar-refractivity contribution in [2.45, 2.75) is 6.42 Å². The number of halogens is 3. The van der Waals surface area contributed by atoms with Crippen LogP contribution in [0.3, 0.4) is 0 Å². The van der Waals surface area contributed by atoms with Gasteiger partial charge in [-0.1, -0.05) is 23.7 Å². The van der Waals surface area contributed by atoms with Crippen LogP contribution in [-0.2, 0) is 11.2 Å². The highest BCUT2D eigenvalue weighted by atomic mass is 35.5. The van der Waals surface area contributed by atoms with Crippen LogP contribution in [0.5, 0.6) is 0 Å². The third kappa shape index (κ3) is 3.05. The lowest BCUT2D eigenvalue weighted by Gasteiger charge is -2.10. The lowest BCUT2D eigenvalue weighted by atomic mass is 10.1. The molecular formula is C14H11ClF2N2O. The van der Waals surface area contributed by atoms with Crippen LogP contribution in [0.15, 0.2) is 36.4 Å². The second-order valence-corrected chi connectivity index (χ2v) is 4.54. The van der Waals surface area contributed by atoms with E-state index in [4.69, 9.17) is 17.3 Å². The SMILES string of the molecule is Nc1cccc(Cl)c1NC(=O)Cc1c(F)cccc1F. The topological polar surface area (TPSA) is 55.1 Å². The van der Waals surface area contributed by atoms with Crippen molar-refractivity contribution < 1.29 is 13.6 Å². The van der Waals surface area contributed by atoms with E-state index in [1.54, 1.807) is 18.2 Å². The minimum Gasteiger partial charge on any atom is -0.397 e. The molecule has 20 heavy (non-hydrogen) atoms. The Labute approximate surface area is 119 Å². The van der Waals surface area contributed by atoms with E-state index < -0.39 is 24.0 Å². The third-order valence-corrected chi connectivity index (χ3v) is 3.02. The van der Waals surface area contributed by atoms with Gasteiger partial charge in [-0.15, -0.1) is 0 Å². The number of hydrogen-bond donors (Lipinski definition) is 2. The Morgan fingerprint density at radius 1 is 1.15 bits per heavy atom. The molecule has 0 aliphatic rings. The van der Waals surface area contributed by atoms with Gasteiger partial charge in [0.15, 0.2) is 0 Å². The molecule has 0 aliphatic heterocycles. The summed E-state index contributed by atoms with van der Waals surface area (Å²) in [5.41, 5.74) is 5.89. The van der Waals surface area contributed by atoms with Gasteiger partial charge in [-0.05, 0) is 24.3 Å². The molecule has 0 unspecified atom stereocenters. The molecule has 0 heterocycles. The number of amides is 1. The summed E-state index contributed by atoms with van der Waals surface area (Å²) < 4.78 is 26.9. The Morgan fingerprint density at radius 3 is 2.35 bits per heavy atom. The van der Waals surface area contributed by atoms with Gasteiger partial charge in [0.25, 0.3) is 0 Å². The van der Waals surface area contributed by atoms with Gasteiger partial charge in [0, 0.05) is 5.56 Å². The predicted molar refractivity (Wildman–Crippen MR) is 74.6 cm³/mol. The average molecular weight is 297 g/mol. The van der Waals surface area contributed by atoms with Crippen molar-refractivity contribution in [3.05, 3.63) is 58.6 Å². The lowest BCUT2D eigenvalue weighted by Crippen LogP contribution is -2.17. The summed E-state index contributed by atoms with van der Waals surface area (Å²) >= 11 is 5.90. The van der Waals surface area contributed by atoms with Gasteiger partial charge in [0.2, 0.25) is 5.91 Å². The second kappa shape index (κ2) is 5.88. The molecule has 104 valence electrons. The van der Waals surface area contributed by atoms with Gasteiger partial charge in [-0.2, -0.15) is 0 Å². The normalized spacial score (nSPS) is 10.3. The van der Waals surface area contributed by atoms with Crippen molar-refractivity contribution in [2.75, 3.05) is 11.1 Å². The summed E-state index contributed by atoms with van der Waals surface area (Å²) in [6, 6.07) is 8.16. The molecule has 2 aromatic carbocycles. The maximum Gasteiger partial charge on any atom is 0.229 e. The maximum atomic E-state index is 13.4. The number of para-hydroxylation sites is 1. The molecule has 6 heteroatoms. The van der Waals surface area contributed by atoms with Crippen LogP contribution < -0.4 is 11.1 Å². The predicted octanol–water partition coefficient (Wildman–Crippen LogP) is 3.38. The Bertz CT molecular complexity index is 566. The van der Waals surface area contributed by atoms with E-state index in [-0.39, 0.29) is 22.0 Å². The highest BCUT2D eigenvalue weighted by Crippen LogP contribution is 2.28. The summed E-state index contributed by atoms with van der Waals surface area (Å²) in [5.74, 6) is -2.15. The zero-order chi connectivity index (χ0) is 14.7. The van der Waals surface area contributed by atoms with E-state index >= 15 is 0 Å². The molecule has 0 bridgehead atoms. The van der Waals surface area contributed by atoms with Crippen LogP contribution in [0.4, 0.5) is 20.2 Å². The zero-order valence-corrected chi connectivity index (χ0v) is 11.0. The van der Waals surface area contributed by atoms with Gasteiger partial charge >= 0.3 is 0 Å². The van der Waals surface area contributed by atoms with Crippen LogP contribution in [0.1, 0.15) is 5.56 Å². The molecular weight excluding hydrogens is 286 g/mol. The third-order valence-electron chi connectivity index (χ3n) is 2.71. The molecule has 3 N–H and O–H groups in total. The van der Waals surface area contributed by atoms with E-state index in [1.807, 2.05) is 0 Å². The van der Waals surface area contributed by atoms with Gasteiger partial charge in [0.05, 0.1) is 22.8 Å². The minimum absolute atomic E-state index is 0.232. The number of nitrogen functional groups attached to an aromatic ring is 1. The molecule has 0 spiro atoms. The van der Waals surface area contributed by atoms with Crippen molar-refractivity contribution in [2.24, 2.45) is 0 Å². The Hall–Kier alpha value is -2.14. The van der Waals surface area contributed by atoms with Crippen molar-refractivity contribution in [1.29, 1.82) is 0 Å². The summed E-state index contributed by atoms with van der Waals surface area (Å²) in [6.07, 6.45) is -0.441. The van der Waals surface area contributed by atoms with Crippen molar-refractivity contribution in [3.8, 4) is 0 Å². The fraction of sp³-hybridized carbons (Fsp3) is 0.0714. The summed E-state index contributed by atoms with van der Waals surface area (Å²) in [5, 5.41) is 2.71. The number of rotatable bonds is 3. The van der Waals surface area contributed by atoms with E-state index in [1.165, 1.54) is 6.07 Å². The fourth-order valence-corrected chi connectivity index (χ4v) is 1.95. The second-order valence-electron chi connectivity index (χ2n) is 4.13. The standard InChI is InChI=1S/C14H11ClF2N2O/c15-9-3-1-6-12(18)14(9)19-13(20)7-8-10(16)4-2-5-11(8)17/h1-6H,7,18H2,(H,19,20). The number of nitrogens with one attached hydrogen (secondary N) is 1. The van der Waals surface area contributed by atoms with Crippen LogP contribution in [0.2, 0.25) is 5.02 Å². The summed E-state index contributed by atoms with van der Waals surface area (Å²) in [6.45, 7) is 0. The Kier molecular flexibility index (Phi) is 4.20. The molecule has 3 nitrogen and oxygen atoms in total. The lowest BCUT2D eigenvalue weighted by molar-refractivity contribution is -0.115. The molecule has 2 aromatic rings. The number of nitrogens with two attached hydrogens (primary N) is 1. The first-order valence-electron chi connectivity index (χ1n) is 5.75. The monoisotopic (exact) mass is 296 g/mol. The van der Waals surface area contributed by atoms with Crippen molar-refractivity contribution in [1.82, 2.24) is 0 Å². The number of benzene rings is 2. The molecule has 0 saturated heterocycles. The van der Waals surface area contributed by atoms with E-state index in [0.717, 1.165) is 12.1 Å². The van der Waals surface area contributed by atoms with Crippen LogP contribution in [-0.4, -0.2) is 5.91 Å². The van der Waals surface area contributed by atoms with Gasteiger partial charge in [-0.25, -0.2) is 8.78 Å². The van der Waals surface area contributed by atoms with Crippen LogP contribution >= 0.6 is 11.6 Å². The molecule has 0 radical (unpaired) electrons. The average Bonchev–Trinajstić information content (AvgIpc) is 2.39. The van der Waals surface area contributed by atoms with Crippen LogP contribution in [0, 0.1) is 11.6 Å². The van der Waals surface area contributed by atoms with Gasteiger partial charge in [0.1, 0.15) is 11.6 Å². The van der Waals surface area contributed by atoms with Gasteiger partial charge < -0.3 is 11.1 Å². The highest BCUT2D eigenvalue weighted by molar-refractivity contribution is 6.34. The Balaban J connectivity index is 2.18. The van der Waals surface area contributed by atoms with Gasteiger partial charge in [-0.3, -0.25) is 4.79 Å². The maximum absolute atomic E-state index is 13.4. The zero-order valence-electron chi connectivity index (χ0n) is 10.3. The number of anilines is 2. The van der Waals surface area contributed by atoms with Crippen molar-refractivity contribution in [3.63, 3.8) is 0 Å². The molecule has 0 aliphatic carbocycles. The summed E-state index contributed by atoms with van der Waals surface area (Å²) in [4.78, 5) is 11.8. The first-order valence-corrected chi connectivity index (χ1v) is 6.13. The number of carbonyl (C=O) groups excluding carboxylic acids is 1. The molecule has 0 fully saturated rings. The largest absolute Gasteiger partial charge is 0.397 e. The summed E-state index contributed by atoms with van der Waals surface area (Å²) in [7, 11) is 0. The van der Waals surface area contributed by atoms with E-state index in [0.29, 0.717) is 0 Å². The smallest absolute Gasteiger partial charge is 0.229 e. The molecule has 0 saturated carbocycles. The Morgan fingerprint density at radius 2 is 1.75 bits per heavy atom. The fourth-order valence-electron chi connectivity index (χ4n) is 1.72. The first kappa shape index (κ1) is 14.3. The first-order chi connectivity index (χ1) is 9.49. The van der Waals surface area contributed by atoms with E-state index in [9.17, 15) is 13.6 Å². The molecule has 0 aromatic heterocycles. The minimum atomic E-state index is -0.771. The van der Waals surface area contributed by atoms with Crippen molar-refractivity contribution >= 4 is 28.9 Å². The number of carbonyl (C=O) groups is 1. The molecule has 2 rings (SSSR count). The molecule has 0 atom stereocenters.